The van der Waals surface area contributed by atoms with Crippen molar-refractivity contribution < 1.29 is 22.8 Å². The number of hydrogen-bond donors (Lipinski definition) is 3. The first-order valence-corrected chi connectivity index (χ1v) is 9.14. The third kappa shape index (κ3) is 6.23. The number of rotatable bonds is 6. The van der Waals surface area contributed by atoms with E-state index in [1.807, 2.05) is 49.5 Å². The number of hydrogen-bond acceptors (Lipinski definition) is 2. The minimum atomic E-state index is -4.50. The molecule has 156 valence electrons. The smallest absolute Gasteiger partial charge is 0.343 e. The zero-order valence-electron chi connectivity index (χ0n) is 16.5. The molecule has 0 fully saturated rings. The second-order valence-corrected chi connectivity index (χ2v) is 6.96. The molecule has 1 atom stereocenters. The summed E-state index contributed by atoms with van der Waals surface area (Å²) in [6.07, 6.45) is -3.85. The molecule has 0 aliphatic carbocycles. The first-order chi connectivity index (χ1) is 13.5. The molecule has 1 unspecified atom stereocenters. The van der Waals surface area contributed by atoms with Gasteiger partial charge in [0.25, 0.3) is 5.91 Å². The maximum atomic E-state index is 12.6. The Labute approximate surface area is 167 Å². The van der Waals surface area contributed by atoms with Gasteiger partial charge in [0, 0.05) is 11.3 Å². The van der Waals surface area contributed by atoms with E-state index in [2.05, 4.69) is 10.6 Å². The van der Waals surface area contributed by atoms with Gasteiger partial charge in [-0.1, -0.05) is 43.3 Å². The molecule has 0 aliphatic heterocycles. The summed E-state index contributed by atoms with van der Waals surface area (Å²) in [6.45, 7) is 4.15. The molecule has 0 radical (unpaired) electrons. The van der Waals surface area contributed by atoms with Crippen molar-refractivity contribution in [2.45, 2.75) is 38.9 Å². The molecule has 0 aromatic heterocycles. The summed E-state index contributed by atoms with van der Waals surface area (Å²) in [5.41, 5.74) is 1.37. The second-order valence-electron chi connectivity index (χ2n) is 6.96. The highest BCUT2D eigenvalue weighted by atomic mass is 19.4. The van der Waals surface area contributed by atoms with Crippen LogP contribution in [0.1, 0.15) is 41.8 Å². The van der Waals surface area contributed by atoms with Crippen molar-refractivity contribution in [2.24, 2.45) is 0 Å². The molecule has 0 saturated heterocycles. The average Bonchev–Trinajstić information content (AvgIpc) is 2.67. The van der Waals surface area contributed by atoms with Crippen LogP contribution in [0.5, 0.6) is 0 Å². The van der Waals surface area contributed by atoms with Crippen LogP contribution in [0.2, 0.25) is 0 Å². The fourth-order valence-electron chi connectivity index (χ4n) is 2.76. The summed E-state index contributed by atoms with van der Waals surface area (Å²) in [6, 6.07) is 13.3. The molecular formula is C21H24F3N3O2. The fourth-order valence-corrected chi connectivity index (χ4v) is 2.76. The topological polar surface area (TPSA) is 70.2 Å². The zero-order valence-corrected chi connectivity index (χ0v) is 16.5. The van der Waals surface area contributed by atoms with Crippen molar-refractivity contribution in [3.8, 4) is 0 Å². The van der Waals surface area contributed by atoms with Gasteiger partial charge in [-0.3, -0.25) is 4.79 Å². The van der Waals surface area contributed by atoms with Gasteiger partial charge in [0.15, 0.2) is 0 Å². The number of halogens is 3. The van der Waals surface area contributed by atoms with Crippen LogP contribution in [0, 0.1) is 6.92 Å². The van der Waals surface area contributed by atoms with Gasteiger partial charge >= 0.3 is 12.2 Å². The molecule has 0 bridgehead atoms. The lowest BCUT2D eigenvalue weighted by atomic mass is 9.89. The standard InChI is InChI=1S/C21H24F3N3O2/c1-4-20(3,16-8-6-5-7-9-16)27-19(29)26-17-12-15(11-10-14(17)2)18(28)25-13-21(22,23)24/h5-12H,4,13H2,1-3H3,(H,25,28)(H2,26,27,29). The van der Waals surface area contributed by atoms with Crippen LogP contribution in [-0.4, -0.2) is 24.7 Å². The van der Waals surface area contributed by atoms with Crippen molar-refractivity contribution in [3.63, 3.8) is 0 Å². The molecule has 3 N–H and O–H groups in total. The van der Waals surface area contributed by atoms with Crippen molar-refractivity contribution in [1.82, 2.24) is 10.6 Å². The van der Waals surface area contributed by atoms with Crippen molar-refractivity contribution in [3.05, 3.63) is 65.2 Å². The lowest BCUT2D eigenvalue weighted by Gasteiger charge is -2.30. The summed E-state index contributed by atoms with van der Waals surface area (Å²) in [7, 11) is 0. The van der Waals surface area contributed by atoms with E-state index in [0.717, 1.165) is 5.56 Å². The maximum absolute atomic E-state index is 12.6. The van der Waals surface area contributed by atoms with E-state index in [4.69, 9.17) is 0 Å². The number of alkyl halides is 3. The number of benzene rings is 2. The largest absolute Gasteiger partial charge is 0.405 e. The van der Waals surface area contributed by atoms with Gasteiger partial charge in [0.05, 0.1) is 5.54 Å². The lowest BCUT2D eigenvalue weighted by molar-refractivity contribution is -0.123. The van der Waals surface area contributed by atoms with Crippen LogP contribution in [0.15, 0.2) is 48.5 Å². The first-order valence-electron chi connectivity index (χ1n) is 9.14. The minimum Gasteiger partial charge on any atom is -0.343 e. The Kier molecular flexibility index (Phi) is 6.89. The number of carbonyl (C=O) groups excluding carboxylic acids is 2. The van der Waals surface area contributed by atoms with Crippen LogP contribution in [-0.2, 0) is 5.54 Å². The van der Waals surface area contributed by atoms with E-state index in [0.29, 0.717) is 17.7 Å². The highest BCUT2D eigenvalue weighted by Gasteiger charge is 2.28. The Morgan fingerprint density at radius 1 is 1.03 bits per heavy atom. The van der Waals surface area contributed by atoms with E-state index >= 15 is 0 Å². The Balaban J connectivity index is 2.12. The predicted octanol–water partition coefficient (Wildman–Crippen LogP) is 4.73. The Morgan fingerprint density at radius 2 is 1.69 bits per heavy atom. The Hall–Kier alpha value is -3.03. The van der Waals surface area contributed by atoms with Gasteiger partial charge in [0.2, 0.25) is 0 Å². The highest BCUT2D eigenvalue weighted by molar-refractivity contribution is 5.97. The van der Waals surface area contributed by atoms with Crippen LogP contribution in [0.3, 0.4) is 0 Å². The van der Waals surface area contributed by atoms with E-state index in [9.17, 15) is 22.8 Å². The summed E-state index contributed by atoms with van der Waals surface area (Å²) < 4.78 is 36.9. The fraction of sp³-hybridized carbons (Fsp3) is 0.333. The van der Waals surface area contributed by atoms with Gasteiger partial charge in [-0.05, 0) is 43.5 Å². The van der Waals surface area contributed by atoms with Gasteiger partial charge in [-0.2, -0.15) is 13.2 Å². The van der Waals surface area contributed by atoms with Crippen LogP contribution >= 0.6 is 0 Å². The molecule has 2 rings (SSSR count). The summed E-state index contributed by atoms with van der Waals surface area (Å²) >= 11 is 0. The number of amides is 3. The van der Waals surface area contributed by atoms with Crippen molar-refractivity contribution in [1.29, 1.82) is 0 Å². The number of urea groups is 1. The van der Waals surface area contributed by atoms with Gasteiger partial charge < -0.3 is 16.0 Å². The molecule has 0 heterocycles. The van der Waals surface area contributed by atoms with E-state index < -0.39 is 30.2 Å². The third-order valence-corrected chi connectivity index (χ3v) is 4.70. The Morgan fingerprint density at radius 3 is 2.28 bits per heavy atom. The number of aryl methyl sites for hydroxylation is 1. The third-order valence-electron chi connectivity index (χ3n) is 4.70. The Bertz CT molecular complexity index is 869. The summed E-state index contributed by atoms with van der Waals surface area (Å²) in [4.78, 5) is 24.5. The molecule has 0 saturated carbocycles. The molecule has 0 spiro atoms. The molecule has 8 heteroatoms. The molecular weight excluding hydrogens is 383 g/mol. The number of carbonyl (C=O) groups is 2. The molecule has 3 amide bonds. The zero-order chi connectivity index (χ0) is 21.7. The van der Waals surface area contributed by atoms with Crippen LogP contribution in [0.4, 0.5) is 23.7 Å². The van der Waals surface area contributed by atoms with Crippen LogP contribution < -0.4 is 16.0 Å². The molecule has 2 aromatic rings. The van der Waals surface area contributed by atoms with Crippen molar-refractivity contribution in [2.75, 3.05) is 11.9 Å². The molecule has 29 heavy (non-hydrogen) atoms. The monoisotopic (exact) mass is 407 g/mol. The maximum Gasteiger partial charge on any atom is 0.405 e. The number of nitrogens with one attached hydrogen (secondary N) is 3. The summed E-state index contributed by atoms with van der Waals surface area (Å²) in [5, 5.41) is 7.43. The van der Waals surface area contributed by atoms with Crippen molar-refractivity contribution >= 4 is 17.6 Å². The highest BCUT2D eigenvalue weighted by Crippen LogP contribution is 2.25. The van der Waals surface area contributed by atoms with Crippen LogP contribution in [0.25, 0.3) is 0 Å². The number of anilines is 1. The van der Waals surface area contributed by atoms with Gasteiger partial charge in [-0.25, -0.2) is 4.79 Å². The first kappa shape index (κ1) is 22.3. The second kappa shape index (κ2) is 8.98. The quantitative estimate of drug-likeness (QED) is 0.648. The van der Waals surface area contributed by atoms with E-state index in [-0.39, 0.29) is 5.56 Å². The molecule has 5 nitrogen and oxygen atoms in total. The lowest BCUT2D eigenvalue weighted by Crippen LogP contribution is -2.45. The average molecular weight is 407 g/mol. The minimum absolute atomic E-state index is 0.0245. The normalized spacial score (nSPS) is 13.3. The van der Waals surface area contributed by atoms with Gasteiger partial charge in [0.1, 0.15) is 6.54 Å². The van der Waals surface area contributed by atoms with E-state index in [1.165, 1.54) is 12.1 Å². The SMILES string of the molecule is CCC(C)(NC(=O)Nc1cc(C(=O)NCC(F)(F)F)ccc1C)c1ccccc1. The van der Waals surface area contributed by atoms with Gasteiger partial charge in [-0.15, -0.1) is 0 Å². The summed E-state index contributed by atoms with van der Waals surface area (Å²) in [5.74, 6) is -0.867. The predicted molar refractivity (Wildman–Crippen MR) is 106 cm³/mol. The molecule has 0 aliphatic rings. The van der Waals surface area contributed by atoms with E-state index in [1.54, 1.807) is 13.0 Å². The molecule has 2 aromatic carbocycles.